The Morgan fingerprint density at radius 2 is 2.08 bits per heavy atom. The minimum Gasteiger partial charge on any atom is -0.375 e. The normalized spacial score (nSPS) is 24.5. The quantitative estimate of drug-likeness (QED) is 0.850. The molecule has 2 aromatic rings. The van der Waals surface area contributed by atoms with E-state index in [1.165, 1.54) is 0 Å². The summed E-state index contributed by atoms with van der Waals surface area (Å²) in [7, 11) is 0. The molecular weight excluding hydrogens is 320 g/mol. The van der Waals surface area contributed by atoms with Gasteiger partial charge in [-0.05, 0) is 25.7 Å². The van der Waals surface area contributed by atoms with E-state index < -0.39 is 0 Å². The van der Waals surface area contributed by atoms with Gasteiger partial charge in [0.05, 0.1) is 17.8 Å². The number of benzene rings is 1. The van der Waals surface area contributed by atoms with Crippen molar-refractivity contribution >= 4 is 17.2 Å². The van der Waals surface area contributed by atoms with Crippen LogP contribution in [0.5, 0.6) is 0 Å². The molecule has 1 aromatic heterocycles. The Bertz CT molecular complexity index is 707. The van der Waals surface area contributed by atoms with Crippen molar-refractivity contribution in [2.24, 2.45) is 0 Å². The molecule has 0 radical (unpaired) electrons. The van der Waals surface area contributed by atoms with Crippen molar-refractivity contribution in [3.05, 3.63) is 41.4 Å². The summed E-state index contributed by atoms with van der Waals surface area (Å²) in [5, 5.41) is 3.09. The van der Waals surface area contributed by atoms with Crippen molar-refractivity contribution in [3.63, 3.8) is 0 Å². The Labute approximate surface area is 146 Å². The van der Waals surface area contributed by atoms with Crippen molar-refractivity contribution in [3.8, 4) is 10.6 Å². The Kier molecular flexibility index (Phi) is 4.37. The topological polar surface area (TPSA) is 42.4 Å². The summed E-state index contributed by atoms with van der Waals surface area (Å²) in [5.74, 6) is 0.233. The van der Waals surface area contributed by atoms with Crippen molar-refractivity contribution in [2.75, 3.05) is 13.2 Å². The zero-order valence-electron chi connectivity index (χ0n) is 13.7. The van der Waals surface area contributed by atoms with E-state index in [4.69, 9.17) is 9.72 Å². The lowest BCUT2D eigenvalue weighted by Gasteiger charge is -2.26. The molecule has 0 N–H and O–H groups in total. The predicted molar refractivity (Wildman–Crippen MR) is 94.7 cm³/mol. The lowest BCUT2D eigenvalue weighted by Crippen LogP contribution is -2.32. The molecule has 1 spiro atoms. The number of rotatable bonds is 3. The molecule has 2 saturated heterocycles. The number of amides is 1. The first-order valence-electron chi connectivity index (χ1n) is 8.66. The molecule has 126 valence electrons. The minimum absolute atomic E-state index is 0.0400. The molecule has 4 nitrogen and oxygen atoms in total. The number of ether oxygens (including phenoxy) is 1. The molecule has 1 atom stereocenters. The first-order valence-corrected chi connectivity index (χ1v) is 9.54. The maximum atomic E-state index is 12.5. The Balaban J connectivity index is 1.45. The molecule has 24 heavy (non-hydrogen) atoms. The third-order valence-corrected chi connectivity index (χ3v) is 6.04. The van der Waals surface area contributed by atoms with Gasteiger partial charge in [0.15, 0.2) is 0 Å². The average molecular weight is 342 g/mol. The number of carbonyl (C=O) groups is 1. The SMILES string of the molecule is O=C1CC[C@@]2(CCCO2)CCN1Cc1csc(-c2ccccc2)n1. The van der Waals surface area contributed by atoms with Gasteiger partial charge < -0.3 is 9.64 Å². The monoisotopic (exact) mass is 342 g/mol. The fraction of sp³-hybridized carbons (Fsp3) is 0.474. The van der Waals surface area contributed by atoms with Crippen LogP contribution in [0.15, 0.2) is 35.7 Å². The first kappa shape index (κ1) is 15.8. The summed E-state index contributed by atoms with van der Waals surface area (Å²) in [6.45, 7) is 2.23. The van der Waals surface area contributed by atoms with Gasteiger partial charge in [0.1, 0.15) is 5.01 Å². The molecule has 4 rings (SSSR count). The number of hydrogen-bond acceptors (Lipinski definition) is 4. The largest absolute Gasteiger partial charge is 0.375 e. The molecule has 3 heterocycles. The molecule has 2 fully saturated rings. The zero-order valence-corrected chi connectivity index (χ0v) is 14.6. The highest BCUT2D eigenvalue weighted by atomic mass is 32.1. The summed E-state index contributed by atoms with van der Waals surface area (Å²) < 4.78 is 5.98. The fourth-order valence-electron chi connectivity index (χ4n) is 3.69. The molecule has 1 aromatic carbocycles. The van der Waals surface area contributed by atoms with Crippen LogP contribution in [0.25, 0.3) is 10.6 Å². The van der Waals surface area contributed by atoms with Crippen molar-refractivity contribution in [1.29, 1.82) is 0 Å². The van der Waals surface area contributed by atoms with E-state index in [1.807, 2.05) is 23.1 Å². The number of hydrogen-bond donors (Lipinski definition) is 0. The fourth-order valence-corrected chi connectivity index (χ4v) is 4.50. The highest BCUT2D eigenvalue weighted by Gasteiger charge is 2.38. The van der Waals surface area contributed by atoms with E-state index in [-0.39, 0.29) is 11.5 Å². The van der Waals surface area contributed by atoms with Crippen LogP contribution in [-0.2, 0) is 16.1 Å². The lowest BCUT2D eigenvalue weighted by molar-refractivity contribution is -0.131. The van der Waals surface area contributed by atoms with Gasteiger partial charge in [0.2, 0.25) is 5.91 Å². The van der Waals surface area contributed by atoms with Crippen LogP contribution in [0.2, 0.25) is 0 Å². The van der Waals surface area contributed by atoms with Crippen LogP contribution in [0.1, 0.15) is 37.8 Å². The van der Waals surface area contributed by atoms with Gasteiger partial charge >= 0.3 is 0 Å². The molecule has 0 unspecified atom stereocenters. The molecular formula is C19H22N2O2S. The van der Waals surface area contributed by atoms with Gasteiger partial charge in [0, 0.05) is 30.5 Å². The predicted octanol–water partition coefficient (Wildman–Crippen LogP) is 3.87. The van der Waals surface area contributed by atoms with Crippen molar-refractivity contribution in [1.82, 2.24) is 9.88 Å². The second-order valence-corrected chi connectivity index (χ2v) is 7.57. The Hall–Kier alpha value is -1.72. The summed E-state index contributed by atoms with van der Waals surface area (Å²) in [5.41, 5.74) is 2.08. The van der Waals surface area contributed by atoms with Crippen molar-refractivity contribution < 1.29 is 9.53 Å². The van der Waals surface area contributed by atoms with E-state index in [1.54, 1.807) is 11.3 Å². The van der Waals surface area contributed by atoms with Gasteiger partial charge in [-0.25, -0.2) is 4.98 Å². The number of thiazole rings is 1. The third kappa shape index (κ3) is 3.23. The van der Waals surface area contributed by atoms with E-state index in [2.05, 4.69) is 17.5 Å². The van der Waals surface area contributed by atoms with Crippen LogP contribution < -0.4 is 0 Å². The first-order chi connectivity index (χ1) is 11.7. The molecule has 0 saturated carbocycles. The third-order valence-electron chi connectivity index (χ3n) is 5.09. The summed E-state index contributed by atoms with van der Waals surface area (Å²) in [4.78, 5) is 19.2. The molecule has 2 aliphatic heterocycles. The van der Waals surface area contributed by atoms with Crippen LogP contribution in [0, 0.1) is 0 Å². The molecule has 1 amide bonds. The van der Waals surface area contributed by atoms with E-state index in [0.717, 1.165) is 55.1 Å². The second-order valence-electron chi connectivity index (χ2n) is 6.71. The van der Waals surface area contributed by atoms with Crippen molar-refractivity contribution in [2.45, 2.75) is 44.2 Å². The molecule has 5 heteroatoms. The summed E-state index contributed by atoms with van der Waals surface area (Å²) >= 11 is 1.64. The van der Waals surface area contributed by atoms with Gasteiger partial charge in [-0.15, -0.1) is 11.3 Å². The van der Waals surface area contributed by atoms with Crippen LogP contribution in [0.4, 0.5) is 0 Å². The highest BCUT2D eigenvalue weighted by Crippen LogP contribution is 2.36. The summed E-state index contributed by atoms with van der Waals surface area (Å²) in [6.07, 6.45) is 4.64. The van der Waals surface area contributed by atoms with Gasteiger partial charge in [-0.1, -0.05) is 30.3 Å². The number of nitrogens with zero attached hydrogens (tertiary/aromatic N) is 2. The molecule has 0 bridgehead atoms. The van der Waals surface area contributed by atoms with Crippen LogP contribution in [0.3, 0.4) is 0 Å². The van der Waals surface area contributed by atoms with Gasteiger partial charge in [-0.2, -0.15) is 0 Å². The maximum Gasteiger partial charge on any atom is 0.223 e. The molecule has 0 aliphatic carbocycles. The van der Waals surface area contributed by atoms with Gasteiger partial charge in [-0.3, -0.25) is 4.79 Å². The van der Waals surface area contributed by atoms with E-state index in [0.29, 0.717) is 13.0 Å². The van der Waals surface area contributed by atoms with E-state index >= 15 is 0 Å². The standard InChI is InChI=1S/C19H22N2O2S/c22-17-7-9-19(8-4-12-23-19)10-11-21(17)13-16-14-24-18(20-16)15-5-2-1-3-6-15/h1-3,5-6,14H,4,7-13H2/t19-/m0/s1. The van der Waals surface area contributed by atoms with Crippen LogP contribution in [-0.4, -0.2) is 34.5 Å². The Morgan fingerprint density at radius 1 is 1.21 bits per heavy atom. The lowest BCUT2D eigenvalue weighted by atomic mass is 9.92. The minimum atomic E-state index is -0.0400. The molecule has 2 aliphatic rings. The highest BCUT2D eigenvalue weighted by molar-refractivity contribution is 7.13. The number of likely N-dealkylation sites (tertiary alicyclic amines) is 1. The smallest absolute Gasteiger partial charge is 0.223 e. The maximum absolute atomic E-state index is 12.5. The number of aromatic nitrogens is 1. The van der Waals surface area contributed by atoms with Crippen LogP contribution >= 0.6 is 11.3 Å². The summed E-state index contributed by atoms with van der Waals surface area (Å²) in [6, 6.07) is 10.2. The van der Waals surface area contributed by atoms with Gasteiger partial charge in [0.25, 0.3) is 0 Å². The Morgan fingerprint density at radius 3 is 2.88 bits per heavy atom. The number of carbonyl (C=O) groups excluding carboxylic acids is 1. The average Bonchev–Trinajstić information content (AvgIpc) is 3.24. The second kappa shape index (κ2) is 6.65. The van der Waals surface area contributed by atoms with E-state index in [9.17, 15) is 4.79 Å². The zero-order chi connectivity index (χ0) is 16.4.